The second kappa shape index (κ2) is 8.67. The number of benzene rings is 1. The maximum absolute atomic E-state index is 11.8. The molecule has 1 amide bonds. The third-order valence-electron chi connectivity index (χ3n) is 4.23. The third kappa shape index (κ3) is 5.06. The molecule has 1 aliphatic rings. The number of amides is 1. The van der Waals surface area contributed by atoms with Gasteiger partial charge in [-0.25, -0.2) is 0 Å². The van der Waals surface area contributed by atoms with Crippen LogP contribution in [-0.2, 0) is 24.4 Å². The van der Waals surface area contributed by atoms with Crippen molar-refractivity contribution in [1.82, 2.24) is 15.5 Å². The summed E-state index contributed by atoms with van der Waals surface area (Å²) in [6.07, 6.45) is 1.67. The summed E-state index contributed by atoms with van der Waals surface area (Å²) >= 11 is 1.73. The molecule has 0 atom stereocenters. The zero-order valence-corrected chi connectivity index (χ0v) is 15.3. The first kappa shape index (κ1) is 17.5. The van der Waals surface area contributed by atoms with Crippen LogP contribution >= 0.6 is 11.3 Å². The summed E-state index contributed by atoms with van der Waals surface area (Å²) in [4.78, 5) is 19.3. The lowest BCUT2D eigenvalue weighted by Crippen LogP contribution is -2.36. The van der Waals surface area contributed by atoms with E-state index in [0.29, 0.717) is 19.5 Å². The van der Waals surface area contributed by atoms with E-state index in [2.05, 4.69) is 57.4 Å². The molecule has 1 aliphatic heterocycles. The first-order valence-corrected chi connectivity index (χ1v) is 9.45. The Hall–Kier alpha value is -2.34. The normalized spacial score (nSPS) is 14.8. The van der Waals surface area contributed by atoms with Gasteiger partial charge >= 0.3 is 0 Å². The number of nitrogens with zero attached hydrogens (tertiary/aromatic N) is 2. The fourth-order valence-electron chi connectivity index (χ4n) is 2.92. The van der Waals surface area contributed by atoms with Gasteiger partial charge in [0.25, 0.3) is 0 Å². The maximum Gasteiger partial charge on any atom is 0.222 e. The molecule has 2 heterocycles. The van der Waals surface area contributed by atoms with Gasteiger partial charge in [-0.3, -0.25) is 9.79 Å². The molecule has 0 radical (unpaired) electrons. The molecular weight excluding hydrogens is 332 g/mol. The minimum atomic E-state index is 0.265. The predicted octanol–water partition coefficient (Wildman–Crippen LogP) is 2.74. The molecule has 132 valence electrons. The number of hydrogen-bond donors (Lipinski definition) is 2. The average molecular weight is 356 g/mol. The highest BCUT2D eigenvalue weighted by molar-refractivity contribution is 7.09. The van der Waals surface area contributed by atoms with Gasteiger partial charge in [0.1, 0.15) is 0 Å². The van der Waals surface area contributed by atoms with Crippen LogP contribution in [0.1, 0.15) is 28.8 Å². The van der Waals surface area contributed by atoms with Crippen molar-refractivity contribution in [3.05, 3.63) is 57.8 Å². The second-order valence-corrected chi connectivity index (χ2v) is 7.13. The molecular formula is C19H24N4OS. The number of thiophene rings is 1. The topological polar surface area (TPSA) is 56.7 Å². The highest BCUT2D eigenvalue weighted by Gasteiger charge is 2.19. The summed E-state index contributed by atoms with van der Waals surface area (Å²) in [7, 11) is 1.78. The van der Waals surface area contributed by atoms with Gasteiger partial charge in [-0.2, -0.15) is 0 Å². The van der Waals surface area contributed by atoms with Gasteiger partial charge in [0.05, 0.1) is 6.54 Å². The van der Waals surface area contributed by atoms with Crippen LogP contribution in [0.15, 0.2) is 46.8 Å². The van der Waals surface area contributed by atoms with Crippen LogP contribution in [0, 0.1) is 0 Å². The monoisotopic (exact) mass is 356 g/mol. The Bertz CT molecular complexity index is 727. The number of hydrogen-bond acceptors (Lipinski definition) is 3. The Morgan fingerprint density at radius 1 is 1.20 bits per heavy atom. The minimum Gasteiger partial charge on any atom is -0.352 e. The van der Waals surface area contributed by atoms with E-state index >= 15 is 0 Å². The first-order valence-electron chi connectivity index (χ1n) is 8.57. The van der Waals surface area contributed by atoms with E-state index in [1.807, 2.05) is 4.90 Å². The summed E-state index contributed by atoms with van der Waals surface area (Å²) in [5, 5.41) is 8.73. The largest absolute Gasteiger partial charge is 0.352 e. The lowest BCUT2D eigenvalue weighted by molar-refractivity contribution is -0.128. The van der Waals surface area contributed by atoms with Crippen LogP contribution < -0.4 is 10.6 Å². The van der Waals surface area contributed by atoms with Crippen molar-refractivity contribution in [1.29, 1.82) is 0 Å². The van der Waals surface area contributed by atoms with Gasteiger partial charge in [-0.1, -0.05) is 30.3 Å². The van der Waals surface area contributed by atoms with Gasteiger partial charge in [-0.05, 0) is 29.0 Å². The predicted molar refractivity (Wildman–Crippen MR) is 102 cm³/mol. The van der Waals surface area contributed by atoms with E-state index in [1.54, 1.807) is 18.4 Å². The molecule has 0 unspecified atom stereocenters. The van der Waals surface area contributed by atoms with E-state index in [1.165, 1.54) is 16.0 Å². The lowest BCUT2D eigenvalue weighted by atomic mass is 10.1. The minimum absolute atomic E-state index is 0.265. The van der Waals surface area contributed by atoms with E-state index in [0.717, 1.165) is 25.5 Å². The van der Waals surface area contributed by atoms with Gasteiger partial charge in [0.2, 0.25) is 5.91 Å². The van der Waals surface area contributed by atoms with E-state index < -0.39 is 0 Å². The number of nitrogens with one attached hydrogen (secondary N) is 2. The molecule has 25 heavy (non-hydrogen) atoms. The standard InChI is InChI=1S/C19H24N4OS/c1-20-19(22-13-17-7-4-10-25-17)21-12-15-5-2-6-16(11-15)14-23-9-3-8-18(23)24/h2,4-7,10-11H,3,8-9,12-14H2,1H3,(H2,20,21,22). The molecule has 2 aromatic rings. The van der Waals surface area contributed by atoms with Crippen molar-refractivity contribution >= 4 is 23.2 Å². The van der Waals surface area contributed by atoms with Crippen molar-refractivity contribution in [2.75, 3.05) is 13.6 Å². The molecule has 1 aromatic carbocycles. The molecule has 1 aromatic heterocycles. The first-order chi connectivity index (χ1) is 12.2. The summed E-state index contributed by atoms with van der Waals surface area (Å²) in [5.74, 6) is 1.05. The van der Waals surface area contributed by atoms with E-state index in [4.69, 9.17) is 0 Å². The number of guanidine groups is 1. The van der Waals surface area contributed by atoms with E-state index in [9.17, 15) is 4.79 Å². The van der Waals surface area contributed by atoms with Gasteiger partial charge in [0.15, 0.2) is 5.96 Å². The van der Waals surface area contributed by atoms with Crippen LogP contribution in [-0.4, -0.2) is 30.4 Å². The molecule has 5 nitrogen and oxygen atoms in total. The Morgan fingerprint density at radius 2 is 2.04 bits per heavy atom. The number of likely N-dealkylation sites (tertiary alicyclic amines) is 1. The number of carbonyl (C=O) groups is 1. The van der Waals surface area contributed by atoms with Crippen LogP contribution in [0.5, 0.6) is 0 Å². The molecule has 1 fully saturated rings. The van der Waals surface area contributed by atoms with Crippen LogP contribution in [0.2, 0.25) is 0 Å². The van der Waals surface area contributed by atoms with Crippen LogP contribution in [0.25, 0.3) is 0 Å². The van der Waals surface area contributed by atoms with Gasteiger partial charge in [-0.15, -0.1) is 11.3 Å². The Kier molecular flexibility index (Phi) is 6.06. The Balaban J connectivity index is 1.51. The fraction of sp³-hybridized carbons (Fsp3) is 0.368. The summed E-state index contributed by atoms with van der Waals surface area (Å²) in [6, 6.07) is 12.5. The summed E-state index contributed by atoms with van der Waals surface area (Å²) in [5.41, 5.74) is 2.36. The zero-order chi connectivity index (χ0) is 17.5. The number of aliphatic imine (C=N–C) groups is 1. The van der Waals surface area contributed by atoms with Gasteiger partial charge < -0.3 is 15.5 Å². The fourth-order valence-corrected chi connectivity index (χ4v) is 3.56. The Labute approximate surface area is 152 Å². The zero-order valence-electron chi connectivity index (χ0n) is 14.5. The Morgan fingerprint density at radius 3 is 2.76 bits per heavy atom. The molecule has 1 saturated heterocycles. The lowest BCUT2D eigenvalue weighted by Gasteiger charge is -2.16. The van der Waals surface area contributed by atoms with Crippen molar-refractivity contribution in [2.24, 2.45) is 4.99 Å². The van der Waals surface area contributed by atoms with Gasteiger partial charge in [0, 0.05) is 38.0 Å². The molecule has 6 heteroatoms. The molecule has 3 rings (SSSR count). The molecule has 0 spiro atoms. The molecule has 0 aliphatic carbocycles. The molecule has 2 N–H and O–H groups in total. The smallest absolute Gasteiger partial charge is 0.222 e. The highest BCUT2D eigenvalue weighted by Crippen LogP contribution is 2.15. The van der Waals surface area contributed by atoms with Crippen molar-refractivity contribution in [3.63, 3.8) is 0 Å². The van der Waals surface area contributed by atoms with Crippen LogP contribution in [0.4, 0.5) is 0 Å². The SMILES string of the molecule is CN=C(NCc1cccc(CN2CCCC2=O)c1)NCc1cccs1. The quantitative estimate of drug-likeness (QED) is 0.618. The average Bonchev–Trinajstić information content (AvgIpc) is 3.28. The van der Waals surface area contributed by atoms with Crippen molar-refractivity contribution in [3.8, 4) is 0 Å². The van der Waals surface area contributed by atoms with E-state index in [-0.39, 0.29) is 5.91 Å². The van der Waals surface area contributed by atoms with Crippen molar-refractivity contribution in [2.45, 2.75) is 32.5 Å². The molecule has 0 bridgehead atoms. The molecule has 0 saturated carbocycles. The number of rotatable bonds is 6. The summed E-state index contributed by atoms with van der Waals surface area (Å²) in [6.45, 7) is 3.05. The highest BCUT2D eigenvalue weighted by atomic mass is 32.1. The number of carbonyl (C=O) groups excluding carboxylic acids is 1. The maximum atomic E-state index is 11.8. The third-order valence-corrected chi connectivity index (χ3v) is 5.11. The van der Waals surface area contributed by atoms with Crippen LogP contribution in [0.3, 0.4) is 0 Å². The summed E-state index contributed by atoms with van der Waals surface area (Å²) < 4.78 is 0. The second-order valence-electron chi connectivity index (χ2n) is 6.10. The van der Waals surface area contributed by atoms with Crippen molar-refractivity contribution < 1.29 is 4.79 Å².